The molecule has 1 heterocycles. The first-order chi connectivity index (χ1) is 14.6. The minimum absolute atomic E-state index is 0.0341. The molecule has 0 saturated carbocycles. The second kappa shape index (κ2) is 9.27. The smallest absolute Gasteiger partial charge is 0.128 e. The SMILES string of the molecule is OC(Cc1c(F)cccc1Cl)(c1ccccc1)[C@@H]1CN(Cc2ccccc2)CCO1. The summed E-state index contributed by atoms with van der Waals surface area (Å²) in [5.74, 6) is -0.422. The molecule has 3 aromatic rings. The predicted molar refractivity (Wildman–Crippen MR) is 117 cm³/mol. The monoisotopic (exact) mass is 425 g/mol. The van der Waals surface area contributed by atoms with E-state index in [2.05, 4.69) is 17.0 Å². The van der Waals surface area contributed by atoms with Gasteiger partial charge in [-0.05, 0) is 23.3 Å². The molecule has 1 aliphatic heterocycles. The van der Waals surface area contributed by atoms with Crippen LogP contribution < -0.4 is 0 Å². The van der Waals surface area contributed by atoms with Crippen LogP contribution in [0.5, 0.6) is 0 Å². The van der Waals surface area contributed by atoms with Gasteiger partial charge in [0.2, 0.25) is 0 Å². The average molecular weight is 426 g/mol. The highest BCUT2D eigenvalue weighted by molar-refractivity contribution is 6.31. The Bertz CT molecular complexity index is 949. The van der Waals surface area contributed by atoms with Gasteiger partial charge in [0, 0.05) is 36.6 Å². The van der Waals surface area contributed by atoms with Gasteiger partial charge >= 0.3 is 0 Å². The normalized spacial score (nSPS) is 19.4. The minimum atomic E-state index is -1.41. The van der Waals surface area contributed by atoms with E-state index in [-0.39, 0.29) is 6.42 Å². The van der Waals surface area contributed by atoms with E-state index in [1.807, 2.05) is 48.5 Å². The third kappa shape index (κ3) is 4.57. The van der Waals surface area contributed by atoms with Crippen molar-refractivity contribution < 1.29 is 14.2 Å². The van der Waals surface area contributed by atoms with Crippen LogP contribution >= 0.6 is 11.6 Å². The zero-order valence-electron chi connectivity index (χ0n) is 16.7. The fourth-order valence-corrected chi connectivity index (χ4v) is 4.31. The maximum absolute atomic E-state index is 14.6. The molecule has 0 aromatic heterocycles. The number of rotatable bonds is 6. The molecule has 0 spiro atoms. The molecule has 3 nitrogen and oxygen atoms in total. The van der Waals surface area contributed by atoms with Gasteiger partial charge in [0.15, 0.2) is 0 Å². The quantitative estimate of drug-likeness (QED) is 0.615. The molecule has 1 unspecified atom stereocenters. The van der Waals surface area contributed by atoms with Crippen molar-refractivity contribution >= 4 is 11.6 Å². The highest BCUT2D eigenvalue weighted by Gasteiger charge is 2.43. The predicted octanol–water partition coefficient (Wildman–Crippen LogP) is 4.81. The molecule has 0 amide bonds. The molecule has 2 atom stereocenters. The van der Waals surface area contributed by atoms with E-state index in [1.165, 1.54) is 11.6 Å². The third-order valence-electron chi connectivity index (χ3n) is 5.71. The Morgan fingerprint density at radius 3 is 2.40 bits per heavy atom. The van der Waals surface area contributed by atoms with Crippen molar-refractivity contribution in [1.29, 1.82) is 0 Å². The van der Waals surface area contributed by atoms with Gasteiger partial charge in [-0.3, -0.25) is 4.90 Å². The first-order valence-electron chi connectivity index (χ1n) is 10.1. The molecule has 156 valence electrons. The van der Waals surface area contributed by atoms with E-state index >= 15 is 0 Å². The molecule has 1 fully saturated rings. The van der Waals surface area contributed by atoms with Gasteiger partial charge in [0.1, 0.15) is 17.5 Å². The van der Waals surface area contributed by atoms with E-state index in [4.69, 9.17) is 16.3 Å². The van der Waals surface area contributed by atoms with Gasteiger partial charge in [-0.25, -0.2) is 4.39 Å². The van der Waals surface area contributed by atoms with Crippen molar-refractivity contribution in [3.63, 3.8) is 0 Å². The molecular weight excluding hydrogens is 401 g/mol. The summed E-state index contributed by atoms with van der Waals surface area (Å²) in [5, 5.41) is 12.2. The number of halogens is 2. The second-order valence-corrected chi connectivity index (χ2v) is 8.15. The summed E-state index contributed by atoms with van der Waals surface area (Å²) in [4.78, 5) is 2.26. The molecular formula is C25H25ClFNO2. The maximum atomic E-state index is 14.6. The summed E-state index contributed by atoms with van der Waals surface area (Å²) in [6.07, 6.45) is -0.486. The van der Waals surface area contributed by atoms with Gasteiger partial charge in [0.05, 0.1) is 6.61 Å². The Labute approximate surface area is 181 Å². The molecule has 0 radical (unpaired) electrons. The molecule has 4 rings (SSSR count). The average Bonchev–Trinajstić information content (AvgIpc) is 2.78. The van der Waals surface area contributed by atoms with Crippen LogP contribution in [0.2, 0.25) is 5.02 Å². The largest absolute Gasteiger partial charge is 0.382 e. The van der Waals surface area contributed by atoms with Crippen LogP contribution in [-0.4, -0.2) is 35.8 Å². The number of aliphatic hydroxyl groups is 1. The van der Waals surface area contributed by atoms with E-state index in [0.717, 1.165) is 13.1 Å². The van der Waals surface area contributed by atoms with Crippen LogP contribution in [-0.2, 0) is 23.3 Å². The Hall–Kier alpha value is -2.24. The second-order valence-electron chi connectivity index (χ2n) is 7.75. The Balaban J connectivity index is 1.64. The van der Waals surface area contributed by atoms with E-state index in [1.54, 1.807) is 12.1 Å². The number of hydrogen-bond donors (Lipinski definition) is 1. The van der Waals surface area contributed by atoms with Crippen molar-refractivity contribution in [2.75, 3.05) is 19.7 Å². The molecule has 1 aliphatic rings. The van der Waals surface area contributed by atoms with Crippen molar-refractivity contribution in [2.45, 2.75) is 24.7 Å². The molecule has 0 bridgehead atoms. The summed E-state index contributed by atoms with van der Waals surface area (Å²) < 4.78 is 20.6. The topological polar surface area (TPSA) is 32.7 Å². The van der Waals surface area contributed by atoms with Crippen LogP contribution in [0, 0.1) is 5.82 Å². The van der Waals surface area contributed by atoms with Crippen molar-refractivity contribution in [3.8, 4) is 0 Å². The Kier molecular flexibility index (Phi) is 6.49. The van der Waals surface area contributed by atoms with E-state index in [0.29, 0.717) is 29.3 Å². The van der Waals surface area contributed by atoms with Crippen LogP contribution in [0.3, 0.4) is 0 Å². The molecule has 3 aromatic carbocycles. The fourth-order valence-electron chi connectivity index (χ4n) is 4.08. The van der Waals surface area contributed by atoms with Gasteiger partial charge in [-0.1, -0.05) is 78.3 Å². The van der Waals surface area contributed by atoms with Gasteiger partial charge in [-0.2, -0.15) is 0 Å². The summed E-state index contributed by atoms with van der Waals surface area (Å²) in [5.41, 5.74) is 0.784. The lowest BCUT2D eigenvalue weighted by Gasteiger charge is -2.42. The summed E-state index contributed by atoms with van der Waals surface area (Å²) in [6.45, 7) is 2.58. The Morgan fingerprint density at radius 1 is 1.00 bits per heavy atom. The van der Waals surface area contributed by atoms with Gasteiger partial charge in [0.25, 0.3) is 0 Å². The highest BCUT2D eigenvalue weighted by atomic mass is 35.5. The first-order valence-corrected chi connectivity index (χ1v) is 10.5. The molecule has 1 saturated heterocycles. The zero-order chi connectivity index (χ0) is 21.0. The number of nitrogens with zero attached hydrogens (tertiary/aromatic N) is 1. The molecule has 0 aliphatic carbocycles. The molecule has 30 heavy (non-hydrogen) atoms. The summed E-state index contributed by atoms with van der Waals surface area (Å²) >= 11 is 6.30. The van der Waals surface area contributed by atoms with E-state index in [9.17, 15) is 9.50 Å². The lowest BCUT2D eigenvalue weighted by atomic mass is 9.81. The third-order valence-corrected chi connectivity index (χ3v) is 6.07. The van der Waals surface area contributed by atoms with Crippen LogP contribution in [0.15, 0.2) is 78.9 Å². The zero-order valence-corrected chi connectivity index (χ0v) is 17.4. The molecule has 1 N–H and O–H groups in total. The van der Waals surface area contributed by atoms with Crippen molar-refractivity contribution in [1.82, 2.24) is 4.90 Å². The number of ether oxygens (including phenoxy) is 1. The standard InChI is InChI=1S/C25H25ClFNO2/c26-22-12-7-13-23(27)21(22)16-25(29,20-10-5-2-6-11-20)24-18-28(14-15-30-24)17-19-8-3-1-4-9-19/h1-13,24,29H,14-18H2/t24-,25?/m0/s1. The first kappa shape index (κ1) is 21.0. The van der Waals surface area contributed by atoms with Crippen LogP contribution in [0.4, 0.5) is 4.39 Å². The van der Waals surface area contributed by atoms with Gasteiger partial charge in [-0.15, -0.1) is 0 Å². The number of benzene rings is 3. The number of morpholine rings is 1. The highest BCUT2D eigenvalue weighted by Crippen LogP contribution is 2.36. The summed E-state index contributed by atoms with van der Waals surface area (Å²) in [7, 11) is 0. The number of hydrogen-bond acceptors (Lipinski definition) is 3. The van der Waals surface area contributed by atoms with Gasteiger partial charge < -0.3 is 9.84 Å². The fraction of sp³-hybridized carbons (Fsp3) is 0.280. The van der Waals surface area contributed by atoms with Crippen LogP contribution in [0.1, 0.15) is 16.7 Å². The van der Waals surface area contributed by atoms with Crippen LogP contribution in [0.25, 0.3) is 0 Å². The van der Waals surface area contributed by atoms with Crippen molar-refractivity contribution in [2.24, 2.45) is 0 Å². The maximum Gasteiger partial charge on any atom is 0.128 e. The van der Waals surface area contributed by atoms with Crippen molar-refractivity contribution in [3.05, 3.63) is 106 Å². The lowest BCUT2D eigenvalue weighted by molar-refractivity contribution is -0.150. The summed E-state index contributed by atoms with van der Waals surface area (Å²) in [6, 6.07) is 24.2. The molecule has 5 heteroatoms. The minimum Gasteiger partial charge on any atom is -0.382 e. The Morgan fingerprint density at radius 2 is 1.70 bits per heavy atom. The van der Waals surface area contributed by atoms with E-state index < -0.39 is 17.5 Å². The lowest BCUT2D eigenvalue weighted by Crippen LogP contribution is -2.53.